The van der Waals surface area contributed by atoms with E-state index in [1.54, 1.807) is 7.11 Å². The van der Waals surface area contributed by atoms with E-state index >= 15 is 0 Å². The van der Waals surface area contributed by atoms with E-state index in [0.717, 1.165) is 11.1 Å². The predicted octanol–water partition coefficient (Wildman–Crippen LogP) is 1.65. The molecule has 0 aromatic heterocycles. The number of carbonyl (C=O) groups is 1. The Morgan fingerprint density at radius 2 is 2.12 bits per heavy atom. The van der Waals surface area contributed by atoms with Crippen LogP contribution in [0.3, 0.4) is 0 Å². The van der Waals surface area contributed by atoms with Crippen molar-refractivity contribution in [1.29, 1.82) is 0 Å². The molecule has 0 aliphatic rings. The Balaban J connectivity index is 2.93. The third-order valence-corrected chi connectivity index (χ3v) is 2.40. The molecule has 0 unspecified atom stereocenters. The van der Waals surface area contributed by atoms with Gasteiger partial charge in [0, 0.05) is 13.5 Å². The van der Waals surface area contributed by atoms with E-state index in [4.69, 9.17) is 14.6 Å². The van der Waals surface area contributed by atoms with E-state index in [1.165, 1.54) is 7.11 Å². The first-order valence-electron chi connectivity index (χ1n) is 4.97. The average Bonchev–Trinajstić information content (AvgIpc) is 2.25. The second-order valence-corrected chi connectivity index (χ2v) is 3.58. The fourth-order valence-electron chi connectivity index (χ4n) is 1.54. The molecular formula is C12H16O4. The number of rotatable bonds is 5. The van der Waals surface area contributed by atoms with Crippen LogP contribution in [0.4, 0.5) is 0 Å². The maximum absolute atomic E-state index is 10.9. The highest BCUT2D eigenvalue weighted by Crippen LogP contribution is 2.21. The van der Waals surface area contributed by atoms with Crippen molar-refractivity contribution in [2.75, 3.05) is 14.2 Å². The highest BCUT2D eigenvalue weighted by atomic mass is 16.5. The van der Waals surface area contributed by atoms with Crippen LogP contribution in [0.15, 0.2) is 18.2 Å². The van der Waals surface area contributed by atoms with Gasteiger partial charge in [-0.25, -0.2) is 4.79 Å². The van der Waals surface area contributed by atoms with Crippen LogP contribution in [0.2, 0.25) is 0 Å². The Hall–Kier alpha value is -1.55. The van der Waals surface area contributed by atoms with Crippen LogP contribution in [0.5, 0.6) is 5.75 Å². The van der Waals surface area contributed by atoms with Crippen LogP contribution in [0.1, 0.15) is 11.1 Å². The largest absolute Gasteiger partial charge is 0.496 e. The number of methoxy groups -OCH3 is 2. The smallest absolute Gasteiger partial charge is 0.333 e. The van der Waals surface area contributed by atoms with E-state index in [1.807, 2.05) is 25.1 Å². The van der Waals surface area contributed by atoms with E-state index in [9.17, 15) is 4.79 Å². The lowest BCUT2D eigenvalue weighted by atomic mass is 10.0. The summed E-state index contributed by atoms with van der Waals surface area (Å²) < 4.78 is 10.1. The summed E-state index contributed by atoms with van der Waals surface area (Å²) in [6, 6.07) is 5.66. The van der Waals surface area contributed by atoms with Crippen molar-refractivity contribution in [1.82, 2.24) is 0 Å². The number of ether oxygens (including phenoxy) is 2. The monoisotopic (exact) mass is 224 g/mol. The van der Waals surface area contributed by atoms with Crippen LogP contribution in [0, 0.1) is 6.92 Å². The standard InChI is InChI=1S/C12H16O4/c1-8-4-5-10(15-2)9(6-8)7-11(16-3)12(13)14/h4-6,11H,7H2,1-3H3,(H,13,14)/t11-/m0/s1. The lowest BCUT2D eigenvalue weighted by Gasteiger charge is -2.13. The molecule has 0 saturated carbocycles. The topological polar surface area (TPSA) is 55.8 Å². The van der Waals surface area contributed by atoms with E-state index < -0.39 is 12.1 Å². The fraction of sp³-hybridized carbons (Fsp3) is 0.417. The molecule has 0 bridgehead atoms. The Morgan fingerprint density at radius 3 is 2.62 bits per heavy atom. The Bertz CT molecular complexity index is 373. The number of carboxylic acids is 1. The molecule has 1 aromatic carbocycles. The fourth-order valence-corrected chi connectivity index (χ4v) is 1.54. The minimum atomic E-state index is -0.967. The van der Waals surface area contributed by atoms with Crippen LogP contribution in [-0.2, 0) is 16.0 Å². The van der Waals surface area contributed by atoms with Crippen LogP contribution >= 0.6 is 0 Å². The molecule has 1 aromatic rings. The number of carboxylic acid groups (broad SMARTS) is 1. The number of hydrogen-bond acceptors (Lipinski definition) is 3. The van der Waals surface area contributed by atoms with Gasteiger partial charge in [-0.15, -0.1) is 0 Å². The number of hydrogen-bond donors (Lipinski definition) is 1. The highest BCUT2D eigenvalue weighted by Gasteiger charge is 2.18. The van der Waals surface area contributed by atoms with Gasteiger partial charge in [0.05, 0.1) is 7.11 Å². The Kier molecular flexibility index (Phi) is 4.31. The molecule has 0 aliphatic heterocycles. The highest BCUT2D eigenvalue weighted by molar-refractivity contribution is 5.73. The van der Waals surface area contributed by atoms with Gasteiger partial charge in [-0.3, -0.25) is 0 Å². The summed E-state index contributed by atoms with van der Waals surface area (Å²) in [5.74, 6) is -0.278. The summed E-state index contributed by atoms with van der Waals surface area (Å²) in [7, 11) is 2.96. The zero-order chi connectivity index (χ0) is 12.1. The molecule has 4 nitrogen and oxygen atoms in total. The minimum absolute atomic E-state index is 0.302. The Morgan fingerprint density at radius 1 is 1.44 bits per heavy atom. The molecule has 0 heterocycles. The van der Waals surface area contributed by atoms with E-state index in [0.29, 0.717) is 12.2 Å². The summed E-state index contributed by atoms with van der Waals surface area (Å²) in [5.41, 5.74) is 1.91. The van der Waals surface area contributed by atoms with Crippen LogP contribution in [-0.4, -0.2) is 31.4 Å². The summed E-state index contributed by atoms with van der Waals surface area (Å²) in [4.78, 5) is 10.9. The molecule has 0 saturated heterocycles. The molecule has 1 rings (SSSR count). The van der Waals surface area contributed by atoms with Crippen molar-refractivity contribution in [3.8, 4) is 5.75 Å². The van der Waals surface area contributed by atoms with Gasteiger partial charge in [0.1, 0.15) is 5.75 Å². The first-order chi connectivity index (χ1) is 7.58. The molecule has 0 aliphatic carbocycles. The maximum Gasteiger partial charge on any atom is 0.333 e. The number of benzene rings is 1. The summed E-state index contributed by atoms with van der Waals surface area (Å²) in [6.07, 6.45) is -0.535. The van der Waals surface area contributed by atoms with Gasteiger partial charge in [0.15, 0.2) is 6.10 Å². The van der Waals surface area contributed by atoms with E-state index in [2.05, 4.69) is 0 Å². The molecule has 0 fully saturated rings. The van der Waals surface area contributed by atoms with Gasteiger partial charge in [-0.1, -0.05) is 17.7 Å². The molecular weight excluding hydrogens is 208 g/mol. The van der Waals surface area contributed by atoms with Crippen LogP contribution < -0.4 is 4.74 Å². The molecule has 0 amide bonds. The van der Waals surface area contributed by atoms with Crippen molar-refractivity contribution < 1.29 is 19.4 Å². The maximum atomic E-state index is 10.9. The van der Waals surface area contributed by atoms with E-state index in [-0.39, 0.29) is 0 Å². The molecule has 0 radical (unpaired) electrons. The summed E-state index contributed by atoms with van der Waals surface area (Å²) in [5, 5.41) is 8.90. The number of aryl methyl sites for hydroxylation is 1. The predicted molar refractivity (Wildman–Crippen MR) is 59.9 cm³/mol. The van der Waals surface area contributed by atoms with Gasteiger partial charge >= 0.3 is 5.97 Å². The quantitative estimate of drug-likeness (QED) is 0.826. The number of aliphatic carboxylic acids is 1. The van der Waals surface area contributed by atoms with Crippen molar-refractivity contribution in [2.24, 2.45) is 0 Å². The first-order valence-corrected chi connectivity index (χ1v) is 4.97. The third-order valence-electron chi connectivity index (χ3n) is 2.40. The van der Waals surface area contributed by atoms with Crippen LogP contribution in [0.25, 0.3) is 0 Å². The van der Waals surface area contributed by atoms with Crippen molar-refractivity contribution in [3.05, 3.63) is 29.3 Å². The lowest BCUT2D eigenvalue weighted by molar-refractivity contribution is -0.148. The molecule has 16 heavy (non-hydrogen) atoms. The van der Waals surface area contributed by atoms with Gasteiger partial charge in [-0.2, -0.15) is 0 Å². The zero-order valence-electron chi connectivity index (χ0n) is 9.69. The SMILES string of the molecule is COc1ccc(C)cc1C[C@H](OC)C(=O)O. The molecule has 0 spiro atoms. The van der Waals surface area contributed by atoms with Gasteiger partial charge < -0.3 is 14.6 Å². The summed E-state index contributed by atoms with van der Waals surface area (Å²) >= 11 is 0. The third kappa shape index (κ3) is 2.97. The molecule has 1 N–H and O–H groups in total. The Labute approximate surface area is 94.8 Å². The minimum Gasteiger partial charge on any atom is -0.496 e. The summed E-state index contributed by atoms with van der Waals surface area (Å²) in [6.45, 7) is 1.95. The molecule has 4 heteroatoms. The zero-order valence-corrected chi connectivity index (χ0v) is 9.69. The second-order valence-electron chi connectivity index (χ2n) is 3.58. The average molecular weight is 224 g/mol. The molecule has 1 atom stereocenters. The molecule has 88 valence electrons. The normalized spacial score (nSPS) is 12.2. The first kappa shape index (κ1) is 12.5. The van der Waals surface area contributed by atoms with Gasteiger partial charge in [-0.05, 0) is 18.6 Å². The van der Waals surface area contributed by atoms with Crippen molar-refractivity contribution >= 4 is 5.97 Å². The second kappa shape index (κ2) is 5.51. The lowest BCUT2D eigenvalue weighted by Crippen LogP contribution is -2.25. The van der Waals surface area contributed by atoms with Crippen molar-refractivity contribution in [3.63, 3.8) is 0 Å². The van der Waals surface area contributed by atoms with Gasteiger partial charge in [0.25, 0.3) is 0 Å². The van der Waals surface area contributed by atoms with Crippen molar-refractivity contribution in [2.45, 2.75) is 19.4 Å². The van der Waals surface area contributed by atoms with Gasteiger partial charge in [0.2, 0.25) is 0 Å².